The van der Waals surface area contributed by atoms with Gasteiger partial charge in [-0.05, 0) is 24.3 Å². The maximum Gasteiger partial charge on any atom is 0.232 e. The number of rotatable bonds is 6. The number of aromatic hydroxyl groups is 1. The van der Waals surface area contributed by atoms with E-state index in [1.807, 2.05) is 42.5 Å². The molecule has 1 fully saturated rings. The number of phenols is 1. The molecule has 156 valence electrons. The number of nitrogens with one attached hydrogen (secondary N) is 1. The highest BCUT2D eigenvalue weighted by atomic mass is 16.5. The molecule has 0 aliphatic carbocycles. The summed E-state index contributed by atoms with van der Waals surface area (Å²) in [5.41, 5.74) is 7.54. The fraction of sp³-hybridized carbons (Fsp3) is 0.286. The van der Waals surface area contributed by atoms with Crippen molar-refractivity contribution in [1.29, 1.82) is 0 Å². The molecule has 0 atom stereocenters. The van der Waals surface area contributed by atoms with Gasteiger partial charge in [0.15, 0.2) is 0 Å². The Morgan fingerprint density at radius 2 is 1.73 bits per heavy atom. The SMILES string of the molecule is COc1ccccc1Nc1nc(N)nc(CN2CCN(c3ccccc3O)CC2)n1. The minimum absolute atomic E-state index is 0.172. The van der Waals surface area contributed by atoms with Gasteiger partial charge in [-0.15, -0.1) is 0 Å². The molecule has 1 saturated heterocycles. The largest absolute Gasteiger partial charge is 0.506 e. The van der Waals surface area contributed by atoms with Crippen LogP contribution >= 0.6 is 0 Å². The van der Waals surface area contributed by atoms with Crippen molar-refractivity contribution >= 4 is 23.3 Å². The highest BCUT2D eigenvalue weighted by Crippen LogP contribution is 2.28. The molecule has 2 heterocycles. The standard InChI is InChI=1S/C21H25N7O2/c1-30-18-9-5-2-6-15(18)23-21-25-19(24-20(22)26-21)14-27-10-12-28(13-11-27)16-7-3-4-8-17(16)29/h2-9,29H,10-14H2,1H3,(H3,22,23,24,25,26). The molecule has 0 bridgehead atoms. The van der Waals surface area contributed by atoms with Crippen LogP contribution in [0.5, 0.6) is 11.5 Å². The number of phenolic OH excluding ortho intramolecular Hbond substituents is 1. The van der Waals surface area contributed by atoms with E-state index in [0.717, 1.165) is 37.6 Å². The van der Waals surface area contributed by atoms with Gasteiger partial charge >= 0.3 is 0 Å². The number of benzene rings is 2. The van der Waals surface area contributed by atoms with Gasteiger partial charge in [0, 0.05) is 26.2 Å². The van der Waals surface area contributed by atoms with Crippen molar-refractivity contribution < 1.29 is 9.84 Å². The summed E-state index contributed by atoms with van der Waals surface area (Å²) >= 11 is 0. The number of ether oxygens (including phenoxy) is 1. The maximum absolute atomic E-state index is 10.1. The molecule has 9 nitrogen and oxygen atoms in total. The third-order valence-electron chi connectivity index (χ3n) is 5.01. The number of para-hydroxylation sites is 4. The fourth-order valence-corrected chi connectivity index (χ4v) is 3.51. The Balaban J connectivity index is 1.41. The number of methoxy groups -OCH3 is 1. The Kier molecular flexibility index (Phi) is 5.80. The third kappa shape index (κ3) is 4.52. The summed E-state index contributed by atoms with van der Waals surface area (Å²) in [4.78, 5) is 17.5. The number of nitrogen functional groups attached to an aromatic ring is 1. The summed E-state index contributed by atoms with van der Waals surface area (Å²) in [6.45, 7) is 3.85. The average molecular weight is 407 g/mol. The molecule has 1 aliphatic rings. The van der Waals surface area contributed by atoms with Crippen molar-refractivity contribution in [3.8, 4) is 11.5 Å². The Morgan fingerprint density at radius 1 is 1.00 bits per heavy atom. The topological polar surface area (TPSA) is 113 Å². The van der Waals surface area contributed by atoms with Gasteiger partial charge in [-0.2, -0.15) is 15.0 Å². The number of hydrogen-bond donors (Lipinski definition) is 3. The Morgan fingerprint density at radius 3 is 2.50 bits per heavy atom. The van der Waals surface area contributed by atoms with Crippen LogP contribution in [0, 0.1) is 0 Å². The number of piperazine rings is 1. The zero-order valence-corrected chi connectivity index (χ0v) is 16.8. The normalized spacial score (nSPS) is 14.5. The average Bonchev–Trinajstić information content (AvgIpc) is 2.75. The first kappa shape index (κ1) is 19.7. The summed E-state index contributed by atoms with van der Waals surface area (Å²) in [7, 11) is 1.61. The highest BCUT2D eigenvalue weighted by molar-refractivity contribution is 5.62. The molecule has 0 unspecified atom stereocenters. The van der Waals surface area contributed by atoms with E-state index in [0.29, 0.717) is 29.8 Å². The lowest BCUT2D eigenvalue weighted by Crippen LogP contribution is -2.46. The van der Waals surface area contributed by atoms with E-state index in [1.54, 1.807) is 13.2 Å². The van der Waals surface area contributed by atoms with E-state index >= 15 is 0 Å². The van der Waals surface area contributed by atoms with Crippen LogP contribution in [0.25, 0.3) is 0 Å². The molecular weight excluding hydrogens is 382 g/mol. The second kappa shape index (κ2) is 8.83. The minimum Gasteiger partial charge on any atom is -0.506 e. The quantitative estimate of drug-likeness (QED) is 0.566. The minimum atomic E-state index is 0.172. The molecule has 1 aliphatic heterocycles. The van der Waals surface area contributed by atoms with Crippen molar-refractivity contribution in [3.05, 3.63) is 54.4 Å². The molecule has 0 saturated carbocycles. The van der Waals surface area contributed by atoms with Gasteiger partial charge in [0.2, 0.25) is 11.9 Å². The lowest BCUT2D eigenvalue weighted by Gasteiger charge is -2.35. The van der Waals surface area contributed by atoms with Gasteiger partial charge in [-0.1, -0.05) is 24.3 Å². The number of anilines is 4. The van der Waals surface area contributed by atoms with Crippen LogP contribution in [0.1, 0.15) is 5.82 Å². The van der Waals surface area contributed by atoms with E-state index in [1.165, 1.54) is 0 Å². The summed E-state index contributed by atoms with van der Waals surface area (Å²) in [6.07, 6.45) is 0. The first-order valence-electron chi connectivity index (χ1n) is 9.78. The predicted molar refractivity (Wildman–Crippen MR) is 116 cm³/mol. The van der Waals surface area contributed by atoms with Crippen LogP contribution < -0.4 is 20.7 Å². The van der Waals surface area contributed by atoms with Crippen LogP contribution in [0.15, 0.2) is 48.5 Å². The van der Waals surface area contributed by atoms with Crippen molar-refractivity contribution in [2.75, 3.05) is 49.2 Å². The number of aromatic nitrogens is 3. The van der Waals surface area contributed by atoms with Crippen molar-refractivity contribution in [2.45, 2.75) is 6.54 Å². The van der Waals surface area contributed by atoms with Gasteiger partial charge in [-0.3, -0.25) is 4.90 Å². The molecular formula is C21H25N7O2. The number of nitrogens with zero attached hydrogens (tertiary/aromatic N) is 5. The first-order chi connectivity index (χ1) is 14.6. The predicted octanol–water partition coefficient (Wildman–Crippen LogP) is 2.23. The van der Waals surface area contributed by atoms with Gasteiger partial charge in [0.05, 0.1) is 25.0 Å². The Labute approximate surface area is 175 Å². The van der Waals surface area contributed by atoms with Crippen LogP contribution in [-0.2, 0) is 6.54 Å². The summed E-state index contributed by atoms with van der Waals surface area (Å²) < 4.78 is 5.36. The van der Waals surface area contributed by atoms with E-state index in [2.05, 4.69) is 30.1 Å². The van der Waals surface area contributed by atoms with Gasteiger partial charge in [-0.25, -0.2) is 0 Å². The number of hydrogen-bond acceptors (Lipinski definition) is 9. The molecule has 3 aromatic rings. The van der Waals surface area contributed by atoms with Gasteiger partial charge in [0.1, 0.15) is 17.3 Å². The molecule has 30 heavy (non-hydrogen) atoms. The summed E-state index contributed by atoms with van der Waals surface area (Å²) in [5, 5.41) is 13.2. The van der Waals surface area contributed by atoms with Crippen LogP contribution in [0.4, 0.5) is 23.3 Å². The lowest BCUT2D eigenvalue weighted by atomic mass is 10.2. The third-order valence-corrected chi connectivity index (χ3v) is 5.01. The summed E-state index contributed by atoms with van der Waals surface area (Å²) in [5.74, 6) is 2.16. The molecule has 4 rings (SSSR count). The smallest absolute Gasteiger partial charge is 0.232 e. The molecule has 1 aromatic heterocycles. The monoisotopic (exact) mass is 407 g/mol. The van der Waals surface area contributed by atoms with Crippen LogP contribution in [0.3, 0.4) is 0 Å². The Hall–Kier alpha value is -3.59. The van der Waals surface area contributed by atoms with Crippen LogP contribution in [-0.4, -0.2) is 58.2 Å². The zero-order chi connectivity index (χ0) is 20.9. The molecule has 0 radical (unpaired) electrons. The lowest BCUT2D eigenvalue weighted by molar-refractivity contribution is 0.243. The van der Waals surface area contributed by atoms with Crippen LogP contribution in [0.2, 0.25) is 0 Å². The molecule has 0 amide bonds. The van der Waals surface area contributed by atoms with E-state index in [-0.39, 0.29) is 5.95 Å². The van der Waals surface area contributed by atoms with Crippen molar-refractivity contribution in [1.82, 2.24) is 19.9 Å². The fourth-order valence-electron chi connectivity index (χ4n) is 3.51. The second-order valence-electron chi connectivity index (χ2n) is 7.01. The van der Waals surface area contributed by atoms with Crippen molar-refractivity contribution in [3.63, 3.8) is 0 Å². The zero-order valence-electron chi connectivity index (χ0n) is 16.8. The van der Waals surface area contributed by atoms with E-state index < -0.39 is 0 Å². The summed E-state index contributed by atoms with van der Waals surface area (Å²) in [6, 6.07) is 15.0. The number of nitrogens with two attached hydrogens (primary N) is 1. The molecule has 0 spiro atoms. The van der Waals surface area contributed by atoms with E-state index in [9.17, 15) is 5.11 Å². The first-order valence-corrected chi connectivity index (χ1v) is 9.78. The van der Waals surface area contributed by atoms with Gasteiger partial charge in [0.25, 0.3) is 0 Å². The molecule has 4 N–H and O–H groups in total. The second-order valence-corrected chi connectivity index (χ2v) is 7.01. The molecule has 9 heteroatoms. The van der Waals surface area contributed by atoms with E-state index in [4.69, 9.17) is 10.5 Å². The Bertz CT molecular complexity index is 1010. The highest BCUT2D eigenvalue weighted by Gasteiger charge is 2.20. The van der Waals surface area contributed by atoms with Gasteiger partial charge < -0.3 is 25.8 Å². The molecule has 2 aromatic carbocycles. The van der Waals surface area contributed by atoms with Crippen molar-refractivity contribution in [2.24, 2.45) is 0 Å². The maximum atomic E-state index is 10.1.